The molecule has 9 nitrogen and oxygen atoms in total. The highest BCUT2D eigenvalue weighted by atomic mass is 32.2. The smallest absolute Gasteiger partial charge is 0.255 e. The summed E-state index contributed by atoms with van der Waals surface area (Å²) in [5, 5.41) is 2.79. The molecular formula is C27H29N3O6S. The zero-order valence-corrected chi connectivity index (χ0v) is 21.6. The third-order valence-corrected chi connectivity index (χ3v) is 8.44. The minimum atomic E-state index is -3.76. The summed E-state index contributed by atoms with van der Waals surface area (Å²) < 4.78 is 44.6. The van der Waals surface area contributed by atoms with Crippen LogP contribution in [0.1, 0.15) is 21.5 Å². The fraction of sp³-hybridized carbons (Fsp3) is 0.296. The molecule has 2 aliphatic heterocycles. The first-order chi connectivity index (χ1) is 17.8. The number of rotatable bonds is 7. The third-order valence-electron chi connectivity index (χ3n) is 6.55. The molecule has 5 rings (SSSR count). The van der Waals surface area contributed by atoms with Crippen LogP contribution in [0.4, 0.5) is 5.69 Å². The number of hydrogen-bond acceptors (Lipinski definition) is 7. The van der Waals surface area contributed by atoms with E-state index < -0.39 is 10.0 Å². The Balaban J connectivity index is 1.26. The lowest BCUT2D eigenvalue weighted by Crippen LogP contribution is -2.48. The van der Waals surface area contributed by atoms with Crippen LogP contribution in [0.3, 0.4) is 0 Å². The molecule has 1 saturated heterocycles. The second kappa shape index (κ2) is 10.4. The number of nitrogens with zero attached hydrogens (tertiary/aromatic N) is 2. The number of aryl methyl sites for hydroxylation is 1. The van der Waals surface area contributed by atoms with Crippen LogP contribution in [-0.2, 0) is 16.6 Å². The predicted molar refractivity (Wildman–Crippen MR) is 139 cm³/mol. The van der Waals surface area contributed by atoms with E-state index in [0.29, 0.717) is 49.7 Å². The number of methoxy groups -OCH3 is 1. The normalized spacial score (nSPS) is 15.9. The van der Waals surface area contributed by atoms with Crippen LogP contribution in [0.25, 0.3) is 0 Å². The lowest BCUT2D eigenvalue weighted by molar-refractivity contribution is 0.102. The maximum absolute atomic E-state index is 13.4. The molecule has 1 amide bonds. The topological polar surface area (TPSA) is 97.4 Å². The van der Waals surface area contributed by atoms with Crippen LogP contribution in [0, 0.1) is 6.92 Å². The Bertz CT molecular complexity index is 1400. The Morgan fingerprint density at radius 2 is 1.68 bits per heavy atom. The first-order valence-corrected chi connectivity index (χ1v) is 13.4. The standard InChI is InChI=1S/C27H29N3O6S/c1-19-3-6-21(7-4-19)27(31)28-23-16-22(8-10-24(23)34-2)37(32,33)30-13-11-29(12-14-30)17-20-5-9-25-26(15-20)36-18-35-25/h3-10,15-16H,11-14,17-18H2,1-2H3,(H,28,31). The van der Waals surface area contributed by atoms with Gasteiger partial charge in [-0.1, -0.05) is 23.8 Å². The lowest BCUT2D eigenvalue weighted by Gasteiger charge is -2.34. The van der Waals surface area contributed by atoms with E-state index in [1.165, 1.54) is 23.5 Å². The van der Waals surface area contributed by atoms with Gasteiger partial charge in [-0.05, 0) is 55.0 Å². The molecular weight excluding hydrogens is 494 g/mol. The molecule has 2 heterocycles. The van der Waals surface area contributed by atoms with Gasteiger partial charge in [-0.2, -0.15) is 4.31 Å². The molecule has 2 aliphatic rings. The molecule has 3 aromatic carbocycles. The van der Waals surface area contributed by atoms with Gasteiger partial charge in [0.25, 0.3) is 5.91 Å². The van der Waals surface area contributed by atoms with Crippen molar-refractivity contribution in [3.05, 3.63) is 77.4 Å². The minimum Gasteiger partial charge on any atom is -0.495 e. The predicted octanol–water partition coefficient (Wildman–Crippen LogP) is 3.49. The zero-order chi connectivity index (χ0) is 26.0. The van der Waals surface area contributed by atoms with E-state index in [2.05, 4.69) is 10.2 Å². The van der Waals surface area contributed by atoms with Crippen LogP contribution in [0.2, 0.25) is 0 Å². The minimum absolute atomic E-state index is 0.108. The number of fused-ring (bicyclic) bond motifs is 1. The Morgan fingerprint density at radius 3 is 2.41 bits per heavy atom. The van der Waals surface area contributed by atoms with Crippen molar-refractivity contribution in [2.24, 2.45) is 0 Å². The molecule has 10 heteroatoms. The van der Waals surface area contributed by atoms with Crippen molar-refractivity contribution in [2.45, 2.75) is 18.4 Å². The molecule has 0 aliphatic carbocycles. The zero-order valence-electron chi connectivity index (χ0n) is 20.8. The molecule has 0 saturated carbocycles. The lowest BCUT2D eigenvalue weighted by atomic mass is 10.1. The number of anilines is 1. The van der Waals surface area contributed by atoms with E-state index in [1.54, 1.807) is 18.2 Å². The van der Waals surface area contributed by atoms with Gasteiger partial charge < -0.3 is 19.5 Å². The van der Waals surface area contributed by atoms with E-state index in [0.717, 1.165) is 22.6 Å². The van der Waals surface area contributed by atoms with Crippen molar-refractivity contribution in [2.75, 3.05) is 45.4 Å². The summed E-state index contributed by atoms with van der Waals surface area (Å²) in [6, 6.07) is 17.5. The van der Waals surface area contributed by atoms with Gasteiger partial charge in [0.2, 0.25) is 16.8 Å². The van der Waals surface area contributed by atoms with Crippen LogP contribution in [0.15, 0.2) is 65.6 Å². The largest absolute Gasteiger partial charge is 0.495 e. The summed E-state index contributed by atoms with van der Waals surface area (Å²) in [4.78, 5) is 15.1. The monoisotopic (exact) mass is 523 g/mol. The SMILES string of the molecule is COc1ccc(S(=O)(=O)N2CCN(Cc3ccc4c(c3)OCO4)CC2)cc1NC(=O)c1ccc(C)cc1. The summed E-state index contributed by atoms with van der Waals surface area (Å²) in [5.41, 5.74) is 2.90. The maximum Gasteiger partial charge on any atom is 0.255 e. The first kappa shape index (κ1) is 25.1. The van der Waals surface area contributed by atoms with E-state index >= 15 is 0 Å². The summed E-state index contributed by atoms with van der Waals surface area (Å²) >= 11 is 0. The Hall–Kier alpha value is -3.60. The number of ether oxygens (including phenoxy) is 3. The molecule has 0 unspecified atom stereocenters. The molecule has 0 atom stereocenters. The quantitative estimate of drug-likeness (QED) is 0.506. The van der Waals surface area contributed by atoms with Crippen molar-refractivity contribution in [3.63, 3.8) is 0 Å². The average Bonchev–Trinajstić information content (AvgIpc) is 3.37. The van der Waals surface area contributed by atoms with E-state index in [4.69, 9.17) is 14.2 Å². The van der Waals surface area contributed by atoms with Gasteiger partial charge in [0.1, 0.15) is 5.75 Å². The Morgan fingerprint density at radius 1 is 0.946 bits per heavy atom. The van der Waals surface area contributed by atoms with Gasteiger partial charge in [-0.3, -0.25) is 9.69 Å². The molecule has 37 heavy (non-hydrogen) atoms. The summed E-state index contributed by atoms with van der Waals surface area (Å²) in [7, 11) is -2.28. The van der Waals surface area contributed by atoms with E-state index in [9.17, 15) is 13.2 Å². The summed E-state index contributed by atoms with van der Waals surface area (Å²) in [5.74, 6) is 1.52. The summed E-state index contributed by atoms with van der Waals surface area (Å²) in [6.07, 6.45) is 0. The van der Waals surface area contributed by atoms with Crippen molar-refractivity contribution in [1.82, 2.24) is 9.21 Å². The van der Waals surface area contributed by atoms with Crippen LogP contribution < -0.4 is 19.5 Å². The molecule has 194 valence electrons. The highest BCUT2D eigenvalue weighted by Crippen LogP contribution is 2.33. The fourth-order valence-corrected chi connectivity index (χ4v) is 5.87. The van der Waals surface area contributed by atoms with Gasteiger partial charge in [0, 0.05) is 38.3 Å². The average molecular weight is 524 g/mol. The van der Waals surface area contributed by atoms with Crippen LogP contribution in [0.5, 0.6) is 17.2 Å². The fourth-order valence-electron chi connectivity index (χ4n) is 4.42. The highest BCUT2D eigenvalue weighted by molar-refractivity contribution is 7.89. The number of hydrogen-bond donors (Lipinski definition) is 1. The van der Waals surface area contributed by atoms with Crippen molar-refractivity contribution >= 4 is 21.6 Å². The van der Waals surface area contributed by atoms with Crippen LogP contribution >= 0.6 is 0 Å². The number of carbonyl (C=O) groups excluding carboxylic acids is 1. The van der Waals surface area contributed by atoms with Crippen molar-refractivity contribution < 1.29 is 27.4 Å². The second-order valence-electron chi connectivity index (χ2n) is 9.05. The van der Waals surface area contributed by atoms with Gasteiger partial charge in [0.15, 0.2) is 11.5 Å². The van der Waals surface area contributed by atoms with Crippen molar-refractivity contribution in [3.8, 4) is 17.2 Å². The number of benzene rings is 3. The van der Waals surface area contributed by atoms with E-state index in [1.807, 2.05) is 37.3 Å². The highest BCUT2D eigenvalue weighted by Gasteiger charge is 2.29. The Kier molecular flexibility index (Phi) is 7.05. The number of sulfonamides is 1. The molecule has 0 bridgehead atoms. The van der Waals surface area contributed by atoms with E-state index in [-0.39, 0.29) is 17.6 Å². The first-order valence-electron chi connectivity index (χ1n) is 12.0. The third kappa shape index (κ3) is 5.41. The van der Waals surface area contributed by atoms with Crippen molar-refractivity contribution in [1.29, 1.82) is 0 Å². The molecule has 1 fully saturated rings. The van der Waals surface area contributed by atoms with Gasteiger partial charge in [-0.25, -0.2) is 8.42 Å². The maximum atomic E-state index is 13.4. The van der Waals surface area contributed by atoms with Crippen LogP contribution in [-0.4, -0.2) is 63.6 Å². The molecule has 0 aromatic heterocycles. The second-order valence-corrected chi connectivity index (χ2v) is 11.0. The van der Waals surface area contributed by atoms with Gasteiger partial charge >= 0.3 is 0 Å². The summed E-state index contributed by atoms with van der Waals surface area (Å²) in [6.45, 7) is 4.80. The molecule has 0 spiro atoms. The number of carbonyl (C=O) groups is 1. The number of piperazine rings is 1. The number of nitrogens with one attached hydrogen (secondary N) is 1. The Labute approximate surface area is 216 Å². The number of amides is 1. The molecule has 0 radical (unpaired) electrons. The van der Waals surface area contributed by atoms with Gasteiger partial charge in [0.05, 0.1) is 17.7 Å². The van der Waals surface area contributed by atoms with Gasteiger partial charge in [-0.15, -0.1) is 0 Å². The molecule has 1 N–H and O–H groups in total. The molecule has 3 aromatic rings.